The molecule has 154 valence electrons. The van der Waals surface area contributed by atoms with Crippen LogP contribution in [0, 0.1) is 0 Å². The summed E-state index contributed by atoms with van der Waals surface area (Å²) in [6.45, 7) is 6.82. The molecule has 0 aromatic heterocycles. The SMILES string of the molecule is Cl.Cl.O=CCOCCN1CCN(Cc2ccccc2-c2ccc(Cl)cc2)CC1. The molecular weight excluding hydrogens is 419 g/mol. The van der Waals surface area contributed by atoms with E-state index in [0.717, 1.165) is 50.6 Å². The molecule has 0 amide bonds. The molecular formula is C21H27Cl3N2O2. The molecule has 0 N–H and O–H groups in total. The highest BCUT2D eigenvalue weighted by atomic mass is 35.5. The maximum atomic E-state index is 10.3. The summed E-state index contributed by atoms with van der Waals surface area (Å²) in [4.78, 5) is 15.2. The number of piperazine rings is 1. The number of carbonyl (C=O) groups excluding carboxylic acids is 1. The van der Waals surface area contributed by atoms with Gasteiger partial charge in [-0.15, -0.1) is 24.8 Å². The van der Waals surface area contributed by atoms with Gasteiger partial charge >= 0.3 is 0 Å². The van der Waals surface area contributed by atoms with E-state index in [9.17, 15) is 4.79 Å². The molecule has 0 spiro atoms. The zero-order valence-corrected chi connectivity index (χ0v) is 18.1. The smallest absolute Gasteiger partial charge is 0.145 e. The molecule has 0 saturated carbocycles. The number of benzene rings is 2. The van der Waals surface area contributed by atoms with Gasteiger partial charge in [0.25, 0.3) is 0 Å². The zero-order valence-electron chi connectivity index (χ0n) is 15.8. The quantitative estimate of drug-likeness (QED) is 0.451. The maximum Gasteiger partial charge on any atom is 0.145 e. The van der Waals surface area contributed by atoms with E-state index < -0.39 is 0 Å². The molecule has 0 aliphatic carbocycles. The molecule has 0 atom stereocenters. The second-order valence-corrected chi connectivity index (χ2v) is 6.96. The molecule has 4 nitrogen and oxygen atoms in total. The molecule has 2 aromatic carbocycles. The van der Waals surface area contributed by atoms with Crippen molar-refractivity contribution < 1.29 is 9.53 Å². The number of ether oxygens (including phenoxy) is 1. The Bertz CT molecular complexity index is 705. The van der Waals surface area contributed by atoms with Crippen molar-refractivity contribution in [2.75, 3.05) is 45.9 Å². The van der Waals surface area contributed by atoms with E-state index in [2.05, 4.69) is 46.2 Å². The Morgan fingerprint density at radius 3 is 2.25 bits per heavy atom. The third kappa shape index (κ3) is 7.36. The average molecular weight is 446 g/mol. The van der Waals surface area contributed by atoms with Crippen LogP contribution in [0.15, 0.2) is 48.5 Å². The van der Waals surface area contributed by atoms with Gasteiger partial charge < -0.3 is 9.53 Å². The van der Waals surface area contributed by atoms with Gasteiger partial charge in [0, 0.05) is 44.3 Å². The van der Waals surface area contributed by atoms with Gasteiger partial charge in [0.2, 0.25) is 0 Å². The fourth-order valence-electron chi connectivity index (χ4n) is 3.31. The summed E-state index contributed by atoms with van der Waals surface area (Å²) >= 11 is 6.02. The van der Waals surface area contributed by atoms with Crippen LogP contribution >= 0.6 is 36.4 Å². The van der Waals surface area contributed by atoms with Gasteiger partial charge in [-0.2, -0.15) is 0 Å². The van der Waals surface area contributed by atoms with Crippen molar-refractivity contribution in [2.45, 2.75) is 6.54 Å². The molecule has 28 heavy (non-hydrogen) atoms. The van der Waals surface area contributed by atoms with Crippen LogP contribution in [0.1, 0.15) is 5.56 Å². The Morgan fingerprint density at radius 2 is 1.57 bits per heavy atom. The number of aldehydes is 1. The molecule has 0 bridgehead atoms. The third-order valence-corrected chi connectivity index (χ3v) is 5.02. The predicted octanol–water partition coefficient (Wildman–Crippen LogP) is 4.18. The van der Waals surface area contributed by atoms with E-state index in [4.69, 9.17) is 16.3 Å². The highest BCUT2D eigenvalue weighted by Crippen LogP contribution is 2.26. The van der Waals surface area contributed by atoms with Crippen LogP contribution in [0.4, 0.5) is 0 Å². The lowest BCUT2D eigenvalue weighted by molar-refractivity contribution is -0.112. The summed E-state index contributed by atoms with van der Waals surface area (Å²) in [6.07, 6.45) is 0.802. The van der Waals surface area contributed by atoms with Crippen molar-refractivity contribution in [1.82, 2.24) is 9.80 Å². The summed E-state index contributed by atoms with van der Waals surface area (Å²) in [5.74, 6) is 0. The van der Waals surface area contributed by atoms with Gasteiger partial charge in [0.15, 0.2) is 0 Å². The topological polar surface area (TPSA) is 32.8 Å². The summed E-state index contributed by atoms with van der Waals surface area (Å²) in [5, 5.41) is 0.763. The molecule has 3 rings (SSSR count). The van der Waals surface area contributed by atoms with Crippen molar-refractivity contribution in [2.24, 2.45) is 0 Å². The molecule has 0 radical (unpaired) electrons. The van der Waals surface area contributed by atoms with Gasteiger partial charge in [-0.25, -0.2) is 0 Å². The van der Waals surface area contributed by atoms with Gasteiger partial charge in [0.1, 0.15) is 12.9 Å². The van der Waals surface area contributed by atoms with E-state index in [0.29, 0.717) is 6.61 Å². The first-order valence-electron chi connectivity index (χ1n) is 9.06. The van der Waals surface area contributed by atoms with Crippen LogP contribution in [0.3, 0.4) is 0 Å². The lowest BCUT2D eigenvalue weighted by Crippen LogP contribution is -2.46. The molecule has 0 unspecified atom stereocenters. The van der Waals surface area contributed by atoms with Crippen LogP contribution < -0.4 is 0 Å². The Kier molecular flexibility index (Phi) is 11.7. The van der Waals surface area contributed by atoms with E-state index in [1.54, 1.807) is 0 Å². The standard InChI is InChI=1S/C21H25ClN2O2.2ClH/c22-20-7-5-18(6-8-20)21-4-2-1-3-19(21)17-24-11-9-23(10-12-24)13-15-26-16-14-25;;/h1-8,14H,9-13,15-17H2;2*1H. The first kappa shape index (κ1) is 24.9. The van der Waals surface area contributed by atoms with E-state index >= 15 is 0 Å². The minimum absolute atomic E-state index is 0. The van der Waals surface area contributed by atoms with Crippen molar-refractivity contribution in [3.63, 3.8) is 0 Å². The number of hydrogen-bond donors (Lipinski definition) is 0. The Labute approximate surface area is 184 Å². The van der Waals surface area contributed by atoms with Crippen LogP contribution in [0.2, 0.25) is 5.02 Å². The number of halogens is 3. The lowest BCUT2D eigenvalue weighted by atomic mass is 9.99. The van der Waals surface area contributed by atoms with Crippen LogP contribution in [-0.4, -0.2) is 62.0 Å². The van der Waals surface area contributed by atoms with E-state index in [1.165, 1.54) is 16.7 Å². The predicted molar refractivity (Wildman–Crippen MR) is 120 cm³/mol. The number of rotatable bonds is 8. The second-order valence-electron chi connectivity index (χ2n) is 6.52. The van der Waals surface area contributed by atoms with Gasteiger partial charge in [0.05, 0.1) is 6.61 Å². The first-order chi connectivity index (χ1) is 12.8. The van der Waals surface area contributed by atoms with Crippen LogP contribution in [0.25, 0.3) is 11.1 Å². The lowest BCUT2D eigenvalue weighted by Gasteiger charge is -2.35. The summed E-state index contributed by atoms with van der Waals surface area (Å²) in [7, 11) is 0. The zero-order chi connectivity index (χ0) is 18.2. The highest BCUT2D eigenvalue weighted by Gasteiger charge is 2.17. The monoisotopic (exact) mass is 444 g/mol. The van der Waals surface area contributed by atoms with E-state index in [-0.39, 0.29) is 31.4 Å². The largest absolute Gasteiger partial charge is 0.373 e. The van der Waals surface area contributed by atoms with Crippen molar-refractivity contribution in [3.05, 3.63) is 59.1 Å². The molecule has 1 heterocycles. The normalized spacial score (nSPS) is 14.8. The summed E-state index contributed by atoms with van der Waals surface area (Å²) < 4.78 is 5.25. The Hall–Kier alpha value is -1.14. The first-order valence-corrected chi connectivity index (χ1v) is 9.44. The molecule has 2 aromatic rings. The van der Waals surface area contributed by atoms with Crippen LogP contribution in [-0.2, 0) is 16.1 Å². The summed E-state index contributed by atoms with van der Waals surface area (Å²) in [6, 6.07) is 16.6. The molecule has 1 fully saturated rings. The molecule has 1 aliphatic rings. The Morgan fingerprint density at radius 1 is 0.929 bits per heavy atom. The minimum atomic E-state index is 0. The molecule has 1 aliphatic heterocycles. The number of carbonyl (C=O) groups is 1. The number of hydrogen-bond acceptors (Lipinski definition) is 4. The van der Waals surface area contributed by atoms with Crippen molar-refractivity contribution >= 4 is 42.7 Å². The maximum absolute atomic E-state index is 10.3. The van der Waals surface area contributed by atoms with Gasteiger partial charge in [-0.05, 0) is 28.8 Å². The van der Waals surface area contributed by atoms with E-state index in [1.807, 2.05) is 12.1 Å². The van der Waals surface area contributed by atoms with Crippen LogP contribution in [0.5, 0.6) is 0 Å². The molecule has 7 heteroatoms. The third-order valence-electron chi connectivity index (χ3n) is 4.77. The Balaban J connectivity index is 0.00000196. The molecule has 1 saturated heterocycles. The van der Waals surface area contributed by atoms with Crippen molar-refractivity contribution in [3.8, 4) is 11.1 Å². The van der Waals surface area contributed by atoms with Gasteiger partial charge in [-0.3, -0.25) is 9.80 Å². The summed E-state index contributed by atoms with van der Waals surface area (Å²) in [5.41, 5.74) is 3.82. The number of nitrogens with zero attached hydrogens (tertiary/aromatic N) is 2. The van der Waals surface area contributed by atoms with Crippen molar-refractivity contribution in [1.29, 1.82) is 0 Å². The van der Waals surface area contributed by atoms with Gasteiger partial charge in [-0.1, -0.05) is 48.0 Å². The second kappa shape index (κ2) is 13.2. The fraction of sp³-hybridized carbons (Fsp3) is 0.381. The highest BCUT2D eigenvalue weighted by molar-refractivity contribution is 6.30. The average Bonchev–Trinajstić information content (AvgIpc) is 2.68. The fourth-order valence-corrected chi connectivity index (χ4v) is 3.43. The minimum Gasteiger partial charge on any atom is -0.373 e.